The molecule has 0 aliphatic carbocycles. The number of aromatic amines is 1. The van der Waals surface area contributed by atoms with Gasteiger partial charge in [-0.3, -0.25) is 14.5 Å². The fraction of sp³-hybridized carbons (Fsp3) is 0.310. The van der Waals surface area contributed by atoms with Gasteiger partial charge in [0.15, 0.2) is 0 Å². The van der Waals surface area contributed by atoms with Crippen LogP contribution < -0.4 is 11.3 Å². The van der Waals surface area contributed by atoms with Gasteiger partial charge in [0.2, 0.25) is 11.5 Å². The minimum atomic E-state index is -0.398. The Hall–Kier alpha value is -4.04. The van der Waals surface area contributed by atoms with E-state index in [-0.39, 0.29) is 17.5 Å². The quantitative estimate of drug-likeness (QED) is 0.363. The summed E-state index contributed by atoms with van der Waals surface area (Å²) in [6.45, 7) is 5.96. The Morgan fingerprint density at radius 1 is 1.11 bits per heavy atom. The van der Waals surface area contributed by atoms with E-state index in [9.17, 15) is 14.4 Å². The molecule has 37 heavy (non-hydrogen) atoms. The van der Waals surface area contributed by atoms with Gasteiger partial charge in [0.1, 0.15) is 12.1 Å². The predicted molar refractivity (Wildman–Crippen MR) is 145 cm³/mol. The highest BCUT2D eigenvalue weighted by atomic mass is 16.2. The summed E-state index contributed by atoms with van der Waals surface area (Å²) in [5.41, 5.74) is 9.32. The molecule has 3 aromatic rings. The van der Waals surface area contributed by atoms with Gasteiger partial charge in [-0.25, -0.2) is 4.98 Å². The number of carbonyl (C=O) groups is 2. The maximum absolute atomic E-state index is 13.2. The molecule has 0 spiro atoms. The van der Waals surface area contributed by atoms with Crippen molar-refractivity contribution < 1.29 is 9.59 Å². The first-order valence-corrected chi connectivity index (χ1v) is 12.5. The van der Waals surface area contributed by atoms with Crippen molar-refractivity contribution in [1.82, 2.24) is 19.8 Å². The van der Waals surface area contributed by atoms with Crippen molar-refractivity contribution >= 4 is 24.1 Å². The molecule has 1 amide bonds. The Kier molecular flexibility index (Phi) is 8.30. The second-order valence-electron chi connectivity index (χ2n) is 9.81. The van der Waals surface area contributed by atoms with Gasteiger partial charge in [-0.05, 0) is 58.9 Å². The number of aldehydes is 1. The monoisotopic (exact) mass is 499 g/mol. The molecule has 1 fully saturated rings. The number of amides is 1. The summed E-state index contributed by atoms with van der Waals surface area (Å²) in [4.78, 5) is 47.6. The van der Waals surface area contributed by atoms with Crippen LogP contribution in [-0.4, -0.2) is 57.1 Å². The third kappa shape index (κ3) is 6.59. The number of hydrogen-bond acceptors (Lipinski definition) is 6. The Balaban J connectivity index is 1.48. The highest BCUT2D eigenvalue weighted by Gasteiger charge is 2.38. The molecule has 1 aliphatic heterocycles. The van der Waals surface area contributed by atoms with E-state index in [4.69, 9.17) is 5.73 Å². The van der Waals surface area contributed by atoms with Crippen molar-refractivity contribution in [2.45, 2.75) is 38.9 Å². The van der Waals surface area contributed by atoms with Crippen molar-refractivity contribution in [3.05, 3.63) is 88.5 Å². The standard InChI is InChI=1S/C29H33N5O3/c1-20(2)15-25-26(19-35)33(13-14-34(25)29(37)12-6-21-5-10-27(30)31-16-21)18-22-3-7-23(8-4-22)24-9-11-28(36)32-17-24/h3-12,16-17,19-20,25-26H,13-15,18H2,1-2H3,(H2,30,31)(H,32,36)/t25-,26?/m0/s1. The number of rotatable bonds is 8. The van der Waals surface area contributed by atoms with Crippen molar-refractivity contribution in [3.8, 4) is 11.1 Å². The van der Waals surface area contributed by atoms with E-state index in [0.29, 0.717) is 31.4 Å². The zero-order chi connectivity index (χ0) is 26.4. The highest BCUT2D eigenvalue weighted by Crippen LogP contribution is 2.26. The van der Waals surface area contributed by atoms with Gasteiger partial charge in [0.05, 0.1) is 12.1 Å². The van der Waals surface area contributed by atoms with Crippen LogP contribution in [0.3, 0.4) is 0 Å². The molecule has 0 bridgehead atoms. The van der Waals surface area contributed by atoms with Crippen LogP contribution in [0.15, 0.2) is 71.8 Å². The molecule has 2 atom stereocenters. The van der Waals surface area contributed by atoms with Crippen LogP contribution in [0.1, 0.15) is 31.4 Å². The maximum Gasteiger partial charge on any atom is 0.247 e. The number of aromatic nitrogens is 2. The number of piperazine rings is 1. The van der Waals surface area contributed by atoms with E-state index in [2.05, 4.69) is 28.7 Å². The van der Waals surface area contributed by atoms with Crippen LogP contribution in [0.2, 0.25) is 0 Å². The lowest BCUT2D eigenvalue weighted by Crippen LogP contribution is -2.61. The normalized spacial score (nSPS) is 18.4. The first kappa shape index (κ1) is 26.0. The number of nitrogens with zero attached hydrogens (tertiary/aromatic N) is 3. The van der Waals surface area contributed by atoms with E-state index in [1.165, 1.54) is 6.07 Å². The Morgan fingerprint density at radius 2 is 1.86 bits per heavy atom. The summed E-state index contributed by atoms with van der Waals surface area (Å²) in [5, 5.41) is 0. The molecule has 1 aromatic carbocycles. The van der Waals surface area contributed by atoms with Gasteiger partial charge in [0, 0.05) is 44.2 Å². The van der Waals surface area contributed by atoms with Crippen molar-refractivity contribution in [2.75, 3.05) is 18.8 Å². The minimum Gasteiger partial charge on any atom is -0.384 e. The van der Waals surface area contributed by atoms with E-state index in [0.717, 1.165) is 35.0 Å². The van der Waals surface area contributed by atoms with Crippen LogP contribution in [0, 0.1) is 5.92 Å². The molecule has 0 radical (unpaired) electrons. The number of carbonyl (C=O) groups excluding carboxylic acids is 2. The second-order valence-corrected chi connectivity index (χ2v) is 9.81. The van der Waals surface area contributed by atoms with E-state index >= 15 is 0 Å². The maximum atomic E-state index is 13.2. The summed E-state index contributed by atoms with van der Waals surface area (Å²) >= 11 is 0. The zero-order valence-electron chi connectivity index (χ0n) is 21.2. The van der Waals surface area contributed by atoms with Gasteiger partial charge in [-0.2, -0.15) is 0 Å². The number of nitrogens with one attached hydrogen (secondary N) is 1. The topological polar surface area (TPSA) is 112 Å². The number of pyridine rings is 2. The summed E-state index contributed by atoms with van der Waals surface area (Å²) in [7, 11) is 0. The molecule has 8 heteroatoms. The molecule has 1 aliphatic rings. The number of benzene rings is 1. The fourth-order valence-electron chi connectivity index (χ4n) is 4.77. The molecular formula is C29H33N5O3. The fourth-order valence-corrected chi connectivity index (χ4v) is 4.77. The third-order valence-corrected chi connectivity index (χ3v) is 6.66. The van der Waals surface area contributed by atoms with Gasteiger partial charge in [0.25, 0.3) is 0 Å². The summed E-state index contributed by atoms with van der Waals surface area (Å²) in [6.07, 6.45) is 8.31. The van der Waals surface area contributed by atoms with Crippen LogP contribution in [-0.2, 0) is 16.1 Å². The number of nitrogen functional groups attached to an aromatic ring is 1. The number of nitrogens with two attached hydrogens (primary N) is 1. The number of anilines is 1. The molecule has 192 valence electrons. The molecule has 8 nitrogen and oxygen atoms in total. The van der Waals surface area contributed by atoms with Crippen LogP contribution >= 0.6 is 0 Å². The molecule has 4 rings (SSSR count). The molecule has 3 heterocycles. The minimum absolute atomic E-state index is 0.112. The number of H-pyrrole nitrogens is 1. The lowest BCUT2D eigenvalue weighted by Gasteiger charge is -2.46. The molecule has 0 saturated carbocycles. The lowest BCUT2D eigenvalue weighted by molar-refractivity contribution is -0.136. The zero-order valence-corrected chi connectivity index (χ0v) is 21.2. The molecular weight excluding hydrogens is 466 g/mol. The van der Waals surface area contributed by atoms with E-state index in [1.807, 2.05) is 35.2 Å². The predicted octanol–water partition coefficient (Wildman–Crippen LogP) is 3.36. The smallest absolute Gasteiger partial charge is 0.247 e. The molecule has 2 aromatic heterocycles. The van der Waals surface area contributed by atoms with Crippen molar-refractivity contribution in [3.63, 3.8) is 0 Å². The van der Waals surface area contributed by atoms with Crippen LogP contribution in [0.5, 0.6) is 0 Å². The molecule has 3 N–H and O–H groups in total. The van der Waals surface area contributed by atoms with Crippen molar-refractivity contribution in [2.24, 2.45) is 5.92 Å². The average Bonchev–Trinajstić information content (AvgIpc) is 2.89. The first-order chi connectivity index (χ1) is 17.8. The van der Waals surface area contributed by atoms with Gasteiger partial charge >= 0.3 is 0 Å². The first-order valence-electron chi connectivity index (χ1n) is 12.5. The van der Waals surface area contributed by atoms with E-state index in [1.54, 1.807) is 36.7 Å². The van der Waals surface area contributed by atoms with Gasteiger partial charge in [-0.15, -0.1) is 0 Å². The van der Waals surface area contributed by atoms with E-state index < -0.39 is 6.04 Å². The van der Waals surface area contributed by atoms with Crippen LogP contribution in [0.25, 0.3) is 17.2 Å². The Labute approximate surface area is 216 Å². The molecule has 1 saturated heterocycles. The second kappa shape index (κ2) is 11.8. The summed E-state index contributed by atoms with van der Waals surface area (Å²) in [6, 6.07) is 14.3. The van der Waals surface area contributed by atoms with Crippen LogP contribution in [0.4, 0.5) is 5.82 Å². The van der Waals surface area contributed by atoms with Gasteiger partial charge in [-0.1, -0.05) is 38.1 Å². The summed E-state index contributed by atoms with van der Waals surface area (Å²) < 4.78 is 0. The SMILES string of the molecule is CC(C)C[C@H]1C(C=O)N(Cc2ccc(-c3ccc(=O)[nH]c3)cc2)CCN1C(=O)C=Cc1ccc(N)nc1. The largest absolute Gasteiger partial charge is 0.384 e. The Bertz CT molecular complexity index is 1280. The molecule has 1 unspecified atom stereocenters. The highest BCUT2D eigenvalue weighted by molar-refractivity contribution is 5.92. The average molecular weight is 500 g/mol. The summed E-state index contributed by atoms with van der Waals surface area (Å²) in [5.74, 6) is 0.639. The Morgan fingerprint density at radius 3 is 2.49 bits per heavy atom. The third-order valence-electron chi connectivity index (χ3n) is 6.66. The van der Waals surface area contributed by atoms with Gasteiger partial charge < -0.3 is 20.4 Å². The lowest BCUT2D eigenvalue weighted by atomic mass is 9.92. The van der Waals surface area contributed by atoms with Crippen molar-refractivity contribution in [1.29, 1.82) is 0 Å². The number of hydrogen-bond donors (Lipinski definition) is 2.